The van der Waals surface area contributed by atoms with Gasteiger partial charge in [0.15, 0.2) is 4.60 Å². The number of piperidine rings is 1. The summed E-state index contributed by atoms with van der Waals surface area (Å²) in [6.07, 6.45) is 2.26. The number of aromatic nitrogens is 3. The number of nitrogens with zero attached hydrogens (tertiary/aromatic N) is 5. The summed E-state index contributed by atoms with van der Waals surface area (Å²) >= 11 is 3.09. The number of isocyanates is 1. The molecule has 8 nitrogen and oxygen atoms in total. The Morgan fingerprint density at radius 2 is 2.20 bits per heavy atom. The molecule has 110 valence electrons. The maximum atomic E-state index is 12.7. The first-order valence-corrected chi connectivity index (χ1v) is 8.27. The third-order valence-electron chi connectivity index (χ3n) is 3.32. The van der Waals surface area contributed by atoms with Crippen LogP contribution < -0.4 is 0 Å². The van der Waals surface area contributed by atoms with E-state index in [1.54, 1.807) is 0 Å². The Balaban J connectivity index is 2.49. The van der Waals surface area contributed by atoms with E-state index < -0.39 is 16.2 Å². The molecule has 20 heavy (non-hydrogen) atoms. The predicted octanol–water partition coefficient (Wildman–Crippen LogP) is 0.660. The van der Waals surface area contributed by atoms with Crippen molar-refractivity contribution in [2.24, 2.45) is 18.0 Å². The Bertz CT molecular complexity index is 632. The van der Waals surface area contributed by atoms with Gasteiger partial charge in [0.05, 0.1) is 0 Å². The fraction of sp³-hybridized carbons (Fsp3) is 0.700. The molecule has 2 unspecified atom stereocenters. The quantitative estimate of drug-likeness (QED) is 0.580. The molecule has 1 aromatic heterocycles. The monoisotopic (exact) mass is 363 g/mol. The van der Waals surface area contributed by atoms with E-state index in [4.69, 9.17) is 0 Å². The molecule has 1 aliphatic rings. The summed E-state index contributed by atoms with van der Waals surface area (Å²) in [5, 5.41) is 7.31. The summed E-state index contributed by atoms with van der Waals surface area (Å²) in [5.41, 5.74) is 0. The molecule has 1 aromatic rings. The average molecular weight is 364 g/mol. The first-order chi connectivity index (χ1) is 9.39. The van der Waals surface area contributed by atoms with Crippen LogP contribution in [0, 0.1) is 5.92 Å². The first-order valence-electron chi connectivity index (χ1n) is 6.03. The fourth-order valence-corrected chi connectivity index (χ4v) is 5.05. The molecule has 2 rings (SSSR count). The molecule has 0 amide bonds. The average Bonchev–Trinajstić information content (AvgIpc) is 2.72. The van der Waals surface area contributed by atoms with Crippen molar-refractivity contribution in [3.05, 3.63) is 4.60 Å². The van der Waals surface area contributed by atoms with Gasteiger partial charge in [-0.3, -0.25) is 0 Å². The van der Waals surface area contributed by atoms with Crippen LogP contribution in [0.1, 0.15) is 19.8 Å². The van der Waals surface area contributed by atoms with Gasteiger partial charge < -0.3 is 0 Å². The second kappa shape index (κ2) is 5.72. The van der Waals surface area contributed by atoms with Crippen molar-refractivity contribution >= 4 is 32.0 Å². The van der Waals surface area contributed by atoms with Crippen LogP contribution in [0.5, 0.6) is 0 Å². The highest BCUT2D eigenvalue weighted by molar-refractivity contribution is 9.10. The number of sulfonamides is 1. The van der Waals surface area contributed by atoms with Gasteiger partial charge in [-0.05, 0) is 34.7 Å². The maximum absolute atomic E-state index is 12.7. The molecule has 0 aromatic carbocycles. The van der Waals surface area contributed by atoms with Crippen LogP contribution in [0.2, 0.25) is 0 Å². The van der Waals surface area contributed by atoms with E-state index in [9.17, 15) is 13.2 Å². The van der Waals surface area contributed by atoms with Crippen LogP contribution in [0.25, 0.3) is 0 Å². The van der Waals surface area contributed by atoms with Gasteiger partial charge in [-0.25, -0.2) is 17.9 Å². The van der Waals surface area contributed by atoms with E-state index in [1.165, 1.54) is 22.1 Å². The first kappa shape index (κ1) is 15.3. The topological polar surface area (TPSA) is 97.5 Å². The van der Waals surface area contributed by atoms with E-state index in [1.807, 2.05) is 6.92 Å². The highest BCUT2D eigenvalue weighted by Gasteiger charge is 2.40. The lowest BCUT2D eigenvalue weighted by molar-refractivity contribution is 0.193. The Labute approximate surface area is 125 Å². The zero-order valence-corrected chi connectivity index (χ0v) is 13.4. The molecular weight excluding hydrogens is 350 g/mol. The zero-order chi connectivity index (χ0) is 14.9. The van der Waals surface area contributed by atoms with Gasteiger partial charge in [-0.2, -0.15) is 9.30 Å². The van der Waals surface area contributed by atoms with Gasteiger partial charge in [-0.15, -0.1) is 5.10 Å². The minimum Gasteiger partial charge on any atom is -0.235 e. The highest BCUT2D eigenvalue weighted by atomic mass is 79.9. The van der Waals surface area contributed by atoms with Gasteiger partial charge >= 0.3 is 0 Å². The number of hydrogen-bond acceptors (Lipinski definition) is 6. The molecular formula is C10H14BrN5O3S. The molecule has 1 fully saturated rings. The Morgan fingerprint density at radius 1 is 1.50 bits per heavy atom. The molecule has 0 spiro atoms. The summed E-state index contributed by atoms with van der Waals surface area (Å²) in [6.45, 7) is 2.17. The Morgan fingerprint density at radius 3 is 2.75 bits per heavy atom. The van der Waals surface area contributed by atoms with Gasteiger partial charge in [0.1, 0.15) is 6.17 Å². The van der Waals surface area contributed by atoms with Crippen LogP contribution in [0.15, 0.2) is 14.6 Å². The van der Waals surface area contributed by atoms with Crippen molar-refractivity contribution in [3.8, 4) is 0 Å². The fourth-order valence-electron chi connectivity index (χ4n) is 2.35. The molecule has 0 radical (unpaired) electrons. The van der Waals surface area contributed by atoms with Crippen molar-refractivity contribution < 1.29 is 13.2 Å². The van der Waals surface area contributed by atoms with Crippen LogP contribution in [-0.2, 0) is 21.9 Å². The van der Waals surface area contributed by atoms with Gasteiger partial charge in [0, 0.05) is 13.6 Å². The van der Waals surface area contributed by atoms with Gasteiger partial charge in [-0.1, -0.05) is 12.1 Å². The lowest BCUT2D eigenvalue weighted by atomic mass is 9.98. The van der Waals surface area contributed by atoms with Gasteiger partial charge in [0.25, 0.3) is 10.0 Å². The number of carbonyl (C=O) groups excluding carboxylic acids is 1. The van der Waals surface area contributed by atoms with Crippen LogP contribution in [0.3, 0.4) is 0 Å². The predicted molar refractivity (Wildman–Crippen MR) is 72.9 cm³/mol. The molecule has 1 aliphatic heterocycles. The highest BCUT2D eigenvalue weighted by Crippen LogP contribution is 2.31. The summed E-state index contributed by atoms with van der Waals surface area (Å²) in [4.78, 5) is 14.2. The van der Waals surface area contributed by atoms with E-state index in [-0.39, 0.29) is 15.5 Å². The number of rotatable bonds is 3. The van der Waals surface area contributed by atoms with Crippen molar-refractivity contribution in [1.82, 2.24) is 19.3 Å². The van der Waals surface area contributed by atoms with E-state index in [2.05, 4.69) is 31.2 Å². The molecule has 0 bridgehead atoms. The standard InChI is InChI=1S/C10H14BrN5O3S/c1-7-4-3-5-16(9(7)12-6-17)20(18,19)10-8(11)13-14-15(10)2/h7,9H,3-5H2,1-2H3. The normalized spacial score (nSPS) is 24.4. The molecule has 10 heteroatoms. The van der Waals surface area contributed by atoms with Crippen molar-refractivity contribution in [2.75, 3.05) is 6.54 Å². The summed E-state index contributed by atoms with van der Waals surface area (Å²) < 4.78 is 28.0. The smallest absolute Gasteiger partial charge is 0.235 e. The lowest BCUT2D eigenvalue weighted by Gasteiger charge is -2.35. The van der Waals surface area contributed by atoms with Crippen molar-refractivity contribution in [1.29, 1.82) is 0 Å². The molecule has 1 saturated heterocycles. The minimum absolute atomic E-state index is 0.0417. The van der Waals surface area contributed by atoms with Crippen LogP contribution in [-0.4, -0.2) is 46.5 Å². The van der Waals surface area contributed by atoms with Gasteiger partial charge in [0.2, 0.25) is 11.1 Å². The Hall–Kier alpha value is -1.09. The molecule has 2 heterocycles. The third kappa shape index (κ3) is 2.56. The van der Waals surface area contributed by atoms with E-state index in [0.717, 1.165) is 6.42 Å². The summed E-state index contributed by atoms with van der Waals surface area (Å²) in [7, 11) is -2.34. The zero-order valence-electron chi connectivity index (χ0n) is 11.0. The van der Waals surface area contributed by atoms with Crippen molar-refractivity contribution in [3.63, 3.8) is 0 Å². The molecule has 0 N–H and O–H groups in total. The molecule has 0 saturated carbocycles. The number of aryl methyl sites for hydroxylation is 1. The Kier molecular flexibility index (Phi) is 4.38. The maximum Gasteiger partial charge on any atom is 0.264 e. The summed E-state index contributed by atoms with van der Waals surface area (Å²) in [6, 6.07) is 0. The largest absolute Gasteiger partial charge is 0.264 e. The number of halogens is 1. The van der Waals surface area contributed by atoms with E-state index in [0.29, 0.717) is 13.0 Å². The SMILES string of the molecule is CC1CCCN(S(=O)(=O)c2c(Br)nnn2C)C1N=C=O. The molecule has 2 atom stereocenters. The second-order valence-corrected chi connectivity index (χ2v) is 7.24. The minimum atomic E-state index is -3.83. The number of aliphatic imine (C=N–C) groups is 1. The van der Waals surface area contributed by atoms with Crippen LogP contribution in [0.4, 0.5) is 0 Å². The van der Waals surface area contributed by atoms with E-state index >= 15 is 0 Å². The summed E-state index contributed by atoms with van der Waals surface area (Å²) in [5.74, 6) is -0.0417. The second-order valence-electron chi connectivity index (χ2n) is 4.68. The van der Waals surface area contributed by atoms with Crippen molar-refractivity contribution in [2.45, 2.75) is 31.0 Å². The molecule has 0 aliphatic carbocycles. The lowest BCUT2D eigenvalue weighted by Crippen LogP contribution is -2.47. The third-order valence-corrected chi connectivity index (χ3v) is 6.08. The van der Waals surface area contributed by atoms with Crippen LogP contribution >= 0.6 is 15.9 Å². The number of hydrogen-bond donors (Lipinski definition) is 0.